The maximum atomic E-state index is 11.1. The first-order valence-electron chi connectivity index (χ1n) is 5.68. The molecule has 0 amide bonds. The van der Waals surface area contributed by atoms with Crippen molar-refractivity contribution in [2.45, 2.75) is 0 Å². The van der Waals surface area contributed by atoms with Crippen molar-refractivity contribution in [1.82, 2.24) is 9.97 Å². The molecule has 1 aromatic carbocycles. The summed E-state index contributed by atoms with van der Waals surface area (Å²) in [6.07, 6.45) is 5.08. The van der Waals surface area contributed by atoms with E-state index in [1.165, 1.54) is 6.20 Å². The fraction of sp³-hybridized carbons (Fsp3) is 0.143. The second-order valence-corrected chi connectivity index (χ2v) is 3.77. The SMILES string of the molecule is COc1ccc(OC)c(/C=C/c2ccnc(=O)[nH]2)c1. The highest BCUT2D eigenvalue weighted by atomic mass is 16.5. The molecule has 19 heavy (non-hydrogen) atoms. The van der Waals surface area contributed by atoms with E-state index in [-0.39, 0.29) is 5.69 Å². The molecular weight excluding hydrogens is 244 g/mol. The van der Waals surface area contributed by atoms with Gasteiger partial charge in [-0.25, -0.2) is 9.78 Å². The number of H-pyrrole nitrogens is 1. The summed E-state index contributed by atoms with van der Waals surface area (Å²) in [5.74, 6) is 1.47. The standard InChI is InChI=1S/C14H14N2O3/c1-18-12-5-6-13(19-2)10(9-12)3-4-11-7-8-15-14(17)16-11/h3-9H,1-2H3,(H,15,16,17)/b4-3+. The molecule has 1 heterocycles. The number of nitrogens with zero attached hydrogens (tertiary/aromatic N) is 1. The Kier molecular flexibility index (Phi) is 3.97. The van der Waals surface area contributed by atoms with E-state index in [2.05, 4.69) is 9.97 Å². The number of benzene rings is 1. The van der Waals surface area contributed by atoms with E-state index in [0.717, 1.165) is 17.1 Å². The molecule has 5 nitrogen and oxygen atoms in total. The molecule has 0 saturated heterocycles. The van der Waals surface area contributed by atoms with E-state index in [1.807, 2.05) is 24.3 Å². The maximum absolute atomic E-state index is 11.1. The van der Waals surface area contributed by atoms with Crippen LogP contribution in [0.5, 0.6) is 11.5 Å². The zero-order chi connectivity index (χ0) is 13.7. The average molecular weight is 258 g/mol. The first-order valence-corrected chi connectivity index (χ1v) is 5.68. The Balaban J connectivity index is 2.34. The van der Waals surface area contributed by atoms with Gasteiger partial charge in [-0.1, -0.05) is 0 Å². The van der Waals surface area contributed by atoms with Gasteiger partial charge in [-0.2, -0.15) is 0 Å². The first-order chi connectivity index (χ1) is 9.22. The predicted octanol–water partition coefficient (Wildman–Crippen LogP) is 1.96. The molecule has 98 valence electrons. The average Bonchev–Trinajstić information content (AvgIpc) is 2.45. The maximum Gasteiger partial charge on any atom is 0.345 e. The van der Waals surface area contributed by atoms with Crippen LogP contribution >= 0.6 is 0 Å². The highest BCUT2D eigenvalue weighted by molar-refractivity contribution is 5.72. The number of aromatic nitrogens is 2. The third-order valence-electron chi connectivity index (χ3n) is 2.58. The van der Waals surface area contributed by atoms with Crippen molar-refractivity contribution >= 4 is 12.2 Å². The van der Waals surface area contributed by atoms with Crippen molar-refractivity contribution in [2.75, 3.05) is 14.2 Å². The molecule has 0 radical (unpaired) electrons. The zero-order valence-electron chi connectivity index (χ0n) is 10.7. The largest absolute Gasteiger partial charge is 0.497 e. The monoisotopic (exact) mass is 258 g/mol. The molecule has 0 spiro atoms. The quantitative estimate of drug-likeness (QED) is 0.910. The van der Waals surface area contributed by atoms with Crippen molar-refractivity contribution in [3.63, 3.8) is 0 Å². The van der Waals surface area contributed by atoms with E-state index >= 15 is 0 Å². The summed E-state index contributed by atoms with van der Waals surface area (Å²) < 4.78 is 10.4. The molecule has 0 unspecified atom stereocenters. The summed E-state index contributed by atoms with van der Waals surface area (Å²) in [4.78, 5) is 17.3. The van der Waals surface area contributed by atoms with Gasteiger partial charge in [0.25, 0.3) is 0 Å². The summed E-state index contributed by atoms with van der Waals surface area (Å²) in [5, 5.41) is 0. The van der Waals surface area contributed by atoms with Crippen LogP contribution in [0.25, 0.3) is 12.2 Å². The fourth-order valence-corrected chi connectivity index (χ4v) is 1.63. The van der Waals surface area contributed by atoms with Crippen LogP contribution in [0.15, 0.2) is 35.3 Å². The molecule has 0 aliphatic carbocycles. The molecule has 0 atom stereocenters. The number of ether oxygens (including phenoxy) is 2. The van der Waals surface area contributed by atoms with E-state index in [9.17, 15) is 4.79 Å². The lowest BCUT2D eigenvalue weighted by Gasteiger charge is -2.07. The summed E-state index contributed by atoms with van der Waals surface area (Å²) in [7, 11) is 3.21. The zero-order valence-corrected chi connectivity index (χ0v) is 10.7. The molecule has 2 rings (SSSR count). The number of hydrogen-bond acceptors (Lipinski definition) is 4. The van der Waals surface area contributed by atoms with Crippen LogP contribution in [-0.2, 0) is 0 Å². The number of rotatable bonds is 4. The second-order valence-electron chi connectivity index (χ2n) is 3.77. The van der Waals surface area contributed by atoms with Crippen LogP contribution in [0.4, 0.5) is 0 Å². The summed E-state index contributed by atoms with van der Waals surface area (Å²) in [5.41, 5.74) is 1.16. The molecule has 1 aromatic heterocycles. The third kappa shape index (κ3) is 3.22. The Labute approximate surface area is 110 Å². The highest BCUT2D eigenvalue weighted by Gasteiger charge is 2.01. The summed E-state index contributed by atoms with van der Waals surface area (Å²) in [6, 6.07) is 7.22. The molecule has 1 N–H and O–H groups in total. The number of hydrogen-bond donors (Lipinski definition) is 1. The predicted molar refractivity (Wildman–Crippen MR) is 73.3 cm³/mol. The van der Waals surface area contributed by atoms with E-state index in [1.54, 1.807) is 26.4 Å². The van der Waals surface area contributed by atoms with Crippen LogP contribution in [0.2, 0.25) is 0 Å². The Morgan fingerprint density at radius 1 is 1.16 bits per heavy atom. The van der Waals surface area contributed by atoms with Gasteiger partial charge >= 0.3 is 5.69 Å². The van der Waals surface area contributed by atoms with Gasteiger partial charge in [-0.3, -0.25) is 0 Å². The van der Waals surface area contributed by atoms with Crippen LogP contribution < -0.4 is 15.2 Å². The number of nitrogens with one attached hydrogen (secondary N) is 1. The van der Waals surface area contributed by atoms with Gasteiger partial charge in [0.05, 0.1) is 14.2 Å². The van der Waals surface area contributed by atoms with Gasteiger partial charge in [-0.15, -0.1) is 0 Å². The van der Waals surface area contributed by atoms with Crippen molar-refractivity contribution in [3.8, 4) is 11.5 Å². The molecule has 0 bridgehead atoms. The van der Waals surface area contributed by atoms with Crippen LogP contribution in [0, 0.1) is 0 Å². The Hall–Kier alpha value is -2.56. The van der Waals surface area contributed by atoms with Gasteiger partial charge in [0.2, 0.25) is 0 Å². The van der Waals surface area contributed by atoms with Crippen LogP contribution in [-0.4, -0.2) is 24.2 Å². The van der Waals surface area contributed by atoms with Crippen molar-refractivity contribution in [2.24, 2.45) is 0 Å². The fourth-order valence-electron chi connectivity index (χ4n) is 1.63. The topological polar surface area (TPSA) is 64.2 Å². The molecule has 0 aliphatic heterocycles. The first kappa shape index (κ1) is 12.9. The highest BCUT2D eigenvalue weighted by Crippen LogP contribution is 2.25. The van der Waals surface area contributed by atoms with Crippen molar-refractivity contribution in [3.05, 3.63) is 52.2 Å². The van der Waals surface area contributed by atoms with Gasteiger partial charge in [0.15, 0.2) is 0 Å². The Morgan fingerprint density at radius 3 is 2.68 bits per heavy atom. The van der Waals surface area contributed by atoms with Crippen molar-refractivity contribution < 1.29 is 9.47 Å². The number of methoxy groups -OCH3 is 2. The van der Waals surface area contributed by atoms with Crippen molar-refractivity contribution in [1.29, 1.82) is 0 Å². The molecular formula is C14H14N2O3. The van der Waals surface area contributed by atoms with E-state index < -0.39 is 0 Å². The third-order valence-corrected chi connectivity index (χ3v) is 2.58. The summed E-state index contributed by atoms with van der Waals surface area (Å²) >= 11 is 0. The molecule has 5 heteroatoms. The minimum absolute atomic E-state index is 0.375. The molecule has 0 fully saturated rings. The minimum Gasteiger partial charge on any atom is -0.497 e. The molecule has 2 aromatic rings. The van der Waals surface area contributed by atoms with Gasteiger partial charge in [0.1, 0.15) is 11.5 Å². The van der Waals surface area contributed by atoms with E-state index in [4.69, 9.17) is 9.47 Å². The van der Waals surface area contributed by atoms with Gasteiger partial charge in [0, 0.05) is 17.5 Å². The van der Waals surface area contributed by atoms with E-state index in [0.29, 0.717) is 5.69 Å². The van der Waals surface area contributed by atoms with Crippen LogP contribution in [0.1, 0.15) is 11.3 Å². The van der Waals surface area contributed by atoms with Gasteiger partial charge in [-0.05, 0) is 36.4 Å². The van der Waals surface area contributed by atoms with Crippen LogP contribution in [0.3, 0.4) is 0 Å². The summed E-state index contributed by atoms with van der Waals surface area (Å²) in [6.45, 7) is 0. The molecule has 0 aliphatic rings. The smallest absolute Gasteiger partial charge is 0.345 e. The lowest BCUT2D eigenvalue weighted by Crippen LogP contribution is -2.09. The normalized spacial score (nSPS) is 10.6. The lowest BCUT2D eigenvalue weighted by molar-refractivity contribution is 0.402. The second kappa shape index (κ2) is 5.86. The van der Waals surface area contributed by atoms with Gasteiger partial charge < -0.3 is 14.5 Å². The Morgan fingerprint density at radius 2 is 2.00 bits per heavy atom. The lowest BCUT2D eigenvalue weighted by atomic mass is 10.1. The Bertz CT molecular complexity index is 647. The number of aromatic amines is 1. The minimum atomic E-state index is -0.375. The molecule has 0 saturated carbocycles.